The van der Waals surface area contributed by atoms with Crippen LogP contribution in [0.5, 0.6) is 0 Å². The highest BCUT2D eigenvalue weighted by Crippen LogP contribution is 2.37. The fourth-order valence-corrected chi connectivity index (χ4v) is 5.11. The van der Waals surface area contributed by atoms with Gasteiger partial charge in [0.2, 0.25) is 0 Å². The Morgan fingerprint density at radius 3 is 2.97 bits per heavy atom. The minimum absolute atomic E-state index is 0.0972. The van der Waals surface area contributed by atoms with E-state index in [0.717, 1.165) is 18.4 Å². The molecule has 0 spiro atoms. The van der Waals surface area contributed by atoms with E-state index in [2.05, 4.69) is 47.1 Å². The van der Waals surface area contributed by atoms with Gasteiger partial charge in [0.15, 0.2) is 0 Å². The lowest BCUT2D eigenvalue weighted by Crippen LogP contribution is -2.26. The zero-order valence-electron chi connectivity index (χ0n) is 16.0. The molecule has 2 aromatic carbocycles. The summed E-state index contributed by atoms with van der Waals surface area (Å²) >= 11 is 1.74. The van der Waals surface area contributed by atoms with E-state index >= 15 is 0 Å². The second kappa shape index (κ2) is 8.88. The third-order valence-corrected chi connectivity index (χ3v) is 6.47. The van der Waals surface area contributed by atoms with Crippen molar-refractivity contribution in [2.24, 2.45) is 0 Å². The summed E-state index contributed by atoms with van der Waals surface area (Å²) in [5.74, 6) is -0.542. The molecule has 1 aromatic heterocycles. The molecule has 3 aromatic rings. The summed E-state index contributed by atoms with van der Waals surface area (Å²) in [4.78, 5) is 11.2. The molecule has 0 aliphatic heterocycles. The smallest absolute Gasteiger partial charge is 0.267 e. The largest absolute Gasteiger partial charge is 0.396 e. The van der Waals surface area contributed by atoms with Crippen LogP contribution >= 0.6 is 11.3 Å². The summed E-state index contributed by atoms with van der Waals surface area (Å²) in [6, 6.07) is 14.9. The highest BCUT2D eigenvalue weighted by Gasteiger charge is 2.26. The van der Waals surface area contributed by atoms with Crippen LogP contribution in [0.1, 0.15) is 47.2 Å². The first-order valence-electron chi connectivity index (χ1n) is 9.77. The number of aliphatic hydroxyl groups is 1. The summed E-state index contributed by atoms with van der Waals surface area (Å²) in [6.45, 7) is 0.137. The lowest BCUT2D eigenvalue weighted by atomic mass is 9.99. The number of carbonyl (C=O) groups excluding carboxylic acids is 1. The standard InChI is InChI=1S/C23H24N2O3S/c26-12-11-21(19-14-29-22-4-2-1-3-18(19)22)24-20-9-7-16-13-15(5-8-17(16)20)6-10-23(27)25-28/h1-6,8,10,13-14,20-21,24,26,28H,7,9,11-12H2,(H,25,27). The second-order valence-electron chi connectivity index (χ2n) is 7.28. The predicted octanol–water partition coefficient (Wildman–Crippen LogP) is 4.12. The Morgan fingerprint density at radius 1 is 1.28 bits per heavy atom. The van der Waals surface area contributed by atoms with Crippen molar-refractivity contribution >= 4 is 33.4 Å². The van der Waals surface area contributed by atoms with Gasteiger partial charge in [0.25, 0.3) is 5.91 Å². The van der Waals surface area contributed by atoms with Crippen LogP contribution in [0.25, 0.3) is 16.2 Å². The monoisotopic (exact) mass is 408 g/mol. The number of nitrogens with one attached hydrogen (secondary N) is 2. The highest BCUT2D eigenvalue weighted by molar-refractivity contribution is 7.17. The average Bonchev–Trinajstić information content (AvgIpc) is 3.35. The minimum atomic E-state index is -0.542. The van der Waals surface area contributed by atoms with Gasteiger partial charge in [-0.1, -0.05) is 36.4 Å². The van der Waals surface area contributed by atoms with E-state index in [1.165, 1.54) is 32.9 Å². The van der Waals surface area contributed by atoms with Gasteiger partial charge in [-0.3, -0.25) is 10.0 Å². The number of fused-ring (bicyclic) bond motifs is 2. The fraction of sp³-hybridized carbons (Fsp3) is 0.261. The molecule has 0 saturated carbocycles. The first kappa shape index (κ1) is 19.8. The topological polar surface area (TPSA) is 81.6 Å². The van der Waals surface area contributed by atoms with Crippen LogP contribution in [-0.4, -0.2) is 22.8 Å². The van der Waals surface area contributed by atoms with Gasteiger partial charge in [-0.05, 0) is 64.4 Å². The fourth-order valence-electron chi connectivity index (χ4n) is 4.09. The van der Waals surface area contributed by atoms with Crippen LogP contribution in [0, 0.1) is 0 Å². The Morgan fingerprint density at radius 2 is 2.14 bits per heavy atom. The molecule has 4 rings (SSSR count). The highest BCUT2D eigenvalue weighted by atomic mass is 32.1. The van der Waals surface area contributed by atoms with E-state index < -0.39 is 5.91 Å². The molecule has 1 amide bonds. The van der Waals surface area contributed by atoms with E-state index in [1.807, 2.05) is 6.07 Å². The van der Waals surface area contributed by atoms with Crippen molar-refractivity contribution in [3.63, 3.8) is 0 Å². The Bertz CT molecular complexity index is 1040. The number of rotatable bonds is 7. The maximum absolute atomic E-state index is 11.2. The van der Waals surface area contributed by atoms with Crippen LogP contribution < -0.4 is 10.8 Å². The van der Waals surface area contributed by atoms with Gasteiger partial charge in [-0.2, -0.15) is 0 Å². The van der Waals surface area contributed by atoms with Crippen LogP contribution in [0.15, 0.2) is 53.9 Å². The van der Waals surface area contributed by atoms with Crippen LogP contribution in [0.4, 0.5) is 0 Å². The van der Waals surface area contributed by atoms with Gasteiger partial charge in [0.1, 0.15) is 0 Å². The number of amides is 1. The van der Waals surface area contributed by atoms with Crippen LogP contribution in [0.3, 0.4) is 0 Å². The Kier molecular flexibility index (Phi) is 6.06. The van der Waals surface area contributed by atoms with E-state index in [-0.39, 0.29) is 18.7 Å². The first-order chi connectivity index (χ1) is 14.2. The van der Waals surface area contributed by atoms with Gasteiger partial charge >= 0.3 is 0 Å². The molecule has 29 heavy (non-hydrogen) atoms. The molecule has 0 saturated heterocycles. The van der Waals surface area contributed by atoms with E-state index in [9.17, 15) is 9.90 Å². The summed E-state index contributed by atoms with van der Waals surface area (Å²) in [6.07, 6.45) is 5.65. The van der Waals surface area contributed by atoms with E-state index in [1.54, 1.807) is 22.9 Å². The zero-order valence-corrected chi connectivity index (χ0v) is 16.8. The molecule has 4 N–H and O–H groups in total. The Hall–Kier alpha value is -2.51. The molecule has 150 valence electrons. The number of hydrogen-bond donors (Lipinski definition) is 4. The zero-order chi connectivity index (χ0) is 20.2. The summed E-state index contributed by atoms with van der Waals surface area (Å²) in [5.41, 5.74) is 6.33. The van der Waals surface area contributed by atoms with Crippen molar-refractivity contribution in [2.45, 2.75) is 31.3 Å². The third kappa shape index (κ3) is 4.26. The van der Waals surface area contributed by atoms with Crippen molar-refractivity contribution in [3.8, 4) is 0 Å². The summed E-state index contributed by atoms with van der Waals surface area (Å²) in [5, 5.41) is 25.5. The number of aryl methyl sites for hydroxylation is 1. The normalized spacial score (nSPS) is 17.0. The number of hydroxylamine groups is 1. The SMILES string of the molecule is O=C(C=Cc1ccc2c(c1)CCC2NC(CCO)c1csc2ccccc12)NO. The van der Waals surface area contributed by atoms with Crippen molar-refractivity contribution in [2.75, 3.05) is 6.61 Å². The quantitative estimate of drug-likeness (QED) is 0.269. The van der Waals surface area contributed by atoms with Crippen molar-refractivity contribution < 1.29 is 15.1 Å². The first-order valence-corrected chi connectivity index (χ1v) is 10.7. The average molecular weight is 409 g/mol. The van der Waals surface area contributed by atoms with E-state index in [0.29, 0.717) is 6.42 Å². The van der Waals surface area contributed by atoms with Crippen molar-refractivity contribution in [3.05, 3.63) is 76.2 Å². The van der Waals surface area contributed by atoms with Gasteiger partial charge in [-0.15, -0.1) is 11.3 Å². The number of thiophene rings is 1. The summed E-state index contributed by atoms with van der Waals surface area (Å²) < 4.78 is 1.27. The van der Waals surface area contributed by atoms with Gasteiger partial charge in [0, 0.05) is 29.5 Å². The molecule has 1 heterocycles. The minimum Gasteiger partial charge on any atom is -0.396 e. The lowest BCUT2D eigenvalue weighted by Gasteiger charge is -2.23. The summed E-state index contributed by atoms with van der Waals surface area (Å²) in [7, 11) is 0. The molecule has 1 aliphatic carbocycles. The van der Waals surface area contributed by atoms with Crippen molar-refractivity contribution in [1.82, 2.24) is 10.8 Å². The molecule has 5 nitrogen and oxygen atoms in total. The maximum atomic E-state index is 11.2. The number of benzene rings is 2. The second-order valence-corrected chi connectivity index (χ2v) is 8.19. The molecule has 2 unspecified atom stereocenters. The van der Waals surface area contributed by atoms with Gasteiger partial charge < -0.3 is 10.4 Å². The Balaban J connectivity index is 1.55. The molecular formula is C23H24N2O3S. The van der Waals surface area contributed by atoms with Gasteiger partial charge in [-0.25, -0.2) is 5.48 Å². The number of carbonyl (C=O) groups is 1. The Labute approximate surface area is 173 Å². The van der Waals surface area contributed by atoms with E-state index in [4.69, 9.17) is 5.21 Å². The van der Waals surface area contributed by atoms with Crippen molar-refractivity contribution in [1.29, 1.82) is 0 Å². The molecule has 2 atom stereocenters. The molecule has 0 radical (unpaired) electrons. The molecule has 6 heteroatoms. The maximum Gasteiger partial charge on any atom is 0.267 e. The molecule has 0 bridgehead atoms. The molecule has 0 fully saturated rings. The lowest BCUT2D eigenvalue weighted by molar-refractivity contribution is -0.124. The molecule has 1 aliphatic rings. The van der Waals surface area contributed by atoms with Gasteiger partial charge in [0.05, 0.1) is 0 Å². The van der Waals surface area contributed by atoms with Crippen LogP contribution in [-0.2, 0) is 11.2 Å². The van der Waals surface area contributed by atoms with Crippen LogP contribution in [0.2, 0.25) is 0 Å². The third-order valence-electron chi connectivity index (χ3n) is 5.49. The number of aliphatic hydroxyl groups excluding tert-OH is 1. The number of hydrogen-bond acceptors (Lipinski definition) is 5. The predicted molar refractivity (Wildman–Crippen MR) is 116 cm³/mol. The molecular weight excluding hydrogens is 384 g/mol.